The van der Waals surface area contributed by atoms with Crippen molar-refractivity contribution in [1.82, 2.24) is 4.90 Å². The van der Waals surface area contributed by atoms with E-state index in [1.54, 1.807) is 4.90 Å². The van der Waals surface area contributed by atoms with Crippen LogP contribution in [0.3, 0.4) is 0 Å². The summed E-state index contributed by atoms with van der Waals surface area (Å²) >= 11 is 0. The van der Waals surface area contributed by atoms with E-state index in [0.717, 1.165) is 19.4 Å². The third-order valence-electron chi connectivity index (χ3n) is 3.32. The van der Waals surface area contributed by atoms with Crippen molar-refractivity contribution >= 4 is 11.8 Å². The van der Waals surface area contributed by atoms with Crippen LogP contribution in [-0.2, 0) is 9.59 Å². The normalized spacial score (nSPS) is 22.6. The number of nitrogens with zero attached hydrogens (tertiary/aromatic N) is 1. The first-order valence-corrected chi connectivity index (χ1v) is 6.24. The summed E-state index contributed by atoms with van der Waals surface area (Å²) in [6.45, 7) is 5.23. The minimum atomic E-state index is -0.442. The Hall–Kier alpha value is -1.10. The molecule has 1 saturated heterocycles. The molecule has 2 atom stereocenters. The van der Waals surface area contributed by atoms with Crippen molar-refractivity contribution < 1.29 is 9.59 Å². The van der Waals surface area contributed by atoms with Crippen molar-refractivity contribution in [1.29, 1.82) is 0 Å². The first-order valence-electron chi connectivity index (χ1n) is 6.24. The third kappa shape index (κ3) is 4.00. The topological polar surface area (TPSA) is 89.4 Å². The van der Waals surface area contributed by atoms with Gasteiger partial charge in [0.15, 0.2) is 0 Å². The Kier molecular flexibility index (Phi) is 4.93. The molecule has 1 aliphatic heterocycles. The molecule has 0 spiro atoms. The monoisotopic (exact) mass is 241 g/mol. The van der Waals surface area contributed by atoms with Crippen molar-refractivity contribution in [3.63, 3.8) is 0 Å². The lowest BCUT2D eigenvalue weighted by molar-refractivity contribution is -0.136. The van der Waals surface area contributed by atoms with Crippen LogP contribution < -0.4 is 11.5 Å². The minimum Gasteiger partial charge on any atom is -0.370 e. The van der Waals surface area contributed by atoms with Gasteiger partial charge in [-0.05, 0) is 24.7 Å². The Morgan fingerprint density at radius 3 is 2.59 bits per heavy atom. The van der Waals surface area contributed by atoms with E-state index in [9.17, 15) is 9.59 Å². The summed E-state index contributed by atoms with van der Waals surface area (Å²) in [4.78, 5) is 24.7. The number of hydrogen-bond acceptors (Lipinski definition) is 3. The van der Waals surface area contributed by atoms with Crippen molar-refractivity contribution in [2.45, 2.75) is 39.2 Å². The molecular formula is C12H23N3O2. The summed E-state index contributed by atoms with van der Waals surface area (Å²) < 4.78 is 0. The standard InChI is InChI=1S/C12H23N3O2/c1-8(2)11(14)12(17)15-5-3-4-9(7-15)6-10(13)16/h8-9,11H,3-7,14H2,1-2H3,(H2,13,16)/t9-,11+/m1/s1. The Morgan fingerprint density at radius 2 is 2.06 bits per heavy atom. The van der Waals surface area contributed by atoms with E-state index in [-0.39, 0.29) is 23.7 Å². The van der Waals surface area contributed by atoms with Crippen LogP contribution in [0.25, 0.3) is 0 Å². The predicted octanol–water partition coefficient (Wildman–Crippen LogP) is 0.0837. The molecule has 98 valence electrons. The minimum absolute atomic E-state index is 0.00540. The number of carbonyl (C=O) groups excluding carboxylic acids is 2. The molecule has 17 heavy (non-hydrogen) atoms. The fourth-order valence-electron chi connectivity index (χ4n) is 2.21. The molecule has 0 aliphatic carbocycles. The lowest BCUT2D eigenvalue weighted by Gasteiger charge is -2.34. The molecule has 0 aromatic heterocycles. The van der Waals surface area contributed by atoms with Gasteiger partial charge in [0.2, 0.25) is 11.8 Å². The molecular weight excluding hydrogens is 218 g/mol. The van der Waals surface area contributed by atoms with E-state index < -0.39 is 6.04 Å². The Morgan fingerprint density at radius 1 is 1.41 bits per heavy atom. The summed E-state index contributed by atoms with van der Waals surface area (Å²) in [5.74, 6) is 0.0372. The molecule has 5 heteroatoms. The molecule has 0 bridgehead atoms. The first-order chi connectivity index (χ1) is 7.91. The average molecular weight is 241 g/mol. The van der Waals surface area contributed by atoms with Crippen molar-refractivity contribution in [2.24, 2.45) is 23.3 Å². The maximum Gasteiger partial charge on any atom is 0.239 e. The van der Waals surface area contributed by atoms with Gasteiger partial charge in [0, 0.05) is 19.5 Å². The highest BCUT2D eigenvalue weighted by Crippen LogP contribution is 2.20. The molecule has 1 aliphatic rings. The first kappa shape index (κ1) is 14.0. The van der Waals surface area contributed by atoms with Gasteiger partial charge >= 0.3 is 0 Å². The van der Waals surface area contributed by atoms with E-state index in [4.69, 9.17) is 11.5 Å². The van der Waals surface area contributed by atoms with Gasteiger partial charge in [-0.2, -0.15) is 0 Å². The lowest BCUT2D eigenvalue weighted by Crippen LogP contribution is -2.50. The third-order valence-corrected chi connectivity index (χ3v) is 3.32. The van der Waals surface area contributed by atoms with Crippen LogP contribution in [-0.4, -0.2) is 35.8 Å². The average Bonchev–Trinajstić information content (AvgIpc) is 2.26. The van der Waals surface area contributed by atoms with Crippen molar-refractivity contribution in [2.75, 3.05) is 13.1 Å². The highest BCUT2D eigenvalue weighted by Gasteiger charge is 2.28. The number of carbonyl (C=O) groups is 2. The summed E-state index contributed by atoms with van der Waals surface area (Å²) in [7, 11) is 0. The SMILES string of the molecule is CC(C)[C@H](N)C(=O)N1CCC[C@H](CC(N)=O)C1. The molecule has 0 unspecified atom stereocenters. The van der Waals surface area contributed by atoms with E-state index >= 15 is 0 Å². The highest BCUT2D eigenvalue weighted by atomic mass is 16.2. The smallest absolute Gasteiger partial charge is 0.239 e. The van der Waals surface area contributed by atoms with Gasteiger partial charge in [0.1, 0.15) is 0 Å². The molecule has 1 fully saturated rings. The van der Waals surface area contributed by atoms with Gasteiger partial charge < -0.3 is 16.4 Å². The summed E-state index contributed by atoms with van der Waals surface area (Å²) in [6, 6.07) is -0.442. The van der Waals surface area contributed by atoms with Gasteiger partial charge in [-0.3, -0.25) is 9.59 Å². The van der Waals surface area contributed by atoms with Gasteiger partial charge in [-0.1, -0.05) is 13.8 Å². The van der Waals surface area contributed by atoms with E-state index in [1.165, 1.54) is 0 Å². The largest absolute Gasteiger partial charge is 0.370 e. The molecule has 0 saturated carbocycles. The van der Waals surface area contributed by atoms with Crippen LogP contribution in [0.4, 0.5) is 0 Å². The van der Waals surface area contributed by atoms with E-state index in [2.05, 4.69) is 0 Å². The second-order valence-corrected chi connectivity index (χ2v) is 5.23. The summed E-state index contributed by atoms with van der Waals surface area (Å²) in [6.07, 6.45) is 2.25. The molecule has 1 heterocycles. The fourth-order valence-corrected chi connectivity index (χ4v) is 2.21. The van der Waals surface area contributed by atoms with Crippen LogP contribution in [0.1, 0.15) is 33.1 Å². The number of likely N-dealkylation sites (tertiary alicyclic amines) is 1. The van der Waals surface area contributed by atoms with Crippen LogP contribution in [0.15, 0.2) is 0 Å². The highest BCUT2D eigenvalue weighted by molar-refractivity contribution is 5.82. The second kappa shape index (κ2) is 6.00. The van der Waals surface area contributed by atoms with Crippen LogP contribution in [0.5, 0.6) is 0 Å². The molecule has 1 rings (SSSR count). The molecule has 4 N–H and O–H groups in total. The zero-order valence-electron chi connectivity index (χ0n) is 10.7. The lowest BCUT2D eigenvalue weighted by atomic mass is 9.93. The second-order valence-electron chi connectivity index (χ2n) is 5.23. The number of rotatable bonds is 4. The van der Waals surface area contributed by atoms with Crippen LogP contribution >= 0.6 is 0 Å². The van der Waals surface area contributed by atoms with Gasteiger partial charge in [0.05, 0.1) is 6.04 Å². The van der Waals surface area contributed by atoms with Crippen molar-refractivity contribution in [3.8, 4) is 0 Å². The quantitative estimate of drug-likeness (QED) is 0.730. The molecule has 2 amide bonds. The number of primary amides is 1. The molecule has 0 radical (unpaired) electrons. The Labute approximate surface area is 103 Å². The molecule has 0 aromatic rings. The number of piperidine rings is 1. The fraction of sp³-hybridized carbons (Fsp3) is 0.833. The summed E-state index contributed by atoms with van der Waals surface area (Å²) in [5, 5.41) is 0. The summed E-state index contributed by atoms with van der Waals surface area (Å²) in [5.41, 5.74) is 11.0. The van der Waals surface area contributed by atoms with Crippen LogP contribution in [0, 0.1) is 11.8 Å². The molecule has 0 aromatic carbocycles. The Bertz CT molecular complexity index is 291. The zero-order valence-corrected chi connectivity index (χ0v) is 10.7. The number of nitrogens with two attached hydrogens (primary N) is 2. The van der Waals surface area contributed by atoms with Gasteiger partial charge in [-0.15, -0.1) is 0 Å². The zero-order chi connectivity index (χ0) is 13.0. The maximum absolute atomic E-state index is 12.1. The Balaban J connectivity index is 2.54. The molecule has 5 nitrogen and oxygen atoms in total. The number of hydrogen-bond donors (Lipinski definition) is 2. The predicted molar refractivity (Wildman–Crippen MR) is 65.9 cm³/mol. The van der Waals surface area contributed by atoms with Crippen molar-refractivity contribution in [3.05, 3.63) is 0 Å². The number of amides is 2. The van der Waals surface area contributed by atoms with E-state index in [0.29, 0.717) is 13.0 Å². The van der Waals surface area contributed by atoms with Gasteiger partial charge in [0.25, 0.3) is 0 Å². The van der Waals surface area contributed by atoms with Crippen LogP contribution in [0.2, 0.25) is 0 Å². The van der Waals surface area contributed by atoms with Gasteiger partial charge in [-0.25, -0.2) is 0 Å². The van der Waals surface area contributed by atoms with E-state index in [1.807, 2.05) is 13.8 Å². The maximum atomic E-state index is 12.1.